The zero-order valence-corrected chi connectivity index (χ0v) is 17.8. The molecule has 0 saturated heterocycles. The van der Waals surface area contributed by atoms with E-state index in [4.69, 9.17) is 33.0 Å². The number of hydrogen-bond donors (Lipinski definition) is 1. The van der Waals surface area contributed by atoms with Crippen molar-refractivity contribution in [3.05, 3.63) is 103 Å². The predicted molar refractivity (Wildman–Crippen MR) is 121 cm³/mol. The van der Waals surface area contributed by atoms with Crippen molar-refractivity contribution in [3.63, 3.8) is 0 Å². The molecule has 0 aliphatic heterocycles. The summed E-state index contributed by atoms with van der Waals surface area (Å²) in [6.07, 6.45) is 1.58. The molecule has 0 heterocycles. The molecule has 1 N–H and O–H groups in total. The van der Waals surface area contributed by atoms with E-state index in [0.717, 1.165) is 0 Å². The van der Waals surface area contributed by atoms with Crippen LogP contribution in [0.5, 0.6) is 5.75 Å². The van der Waals surface area contributed by atoms with E-state index < -0.39 is 10.9 Å². The number of carboxylic acids is 1. The Morgan fingerprint density at radius 1 is 1.06 bits per heavy atom. The number of allylic oxidation sites excluding steroid dienone is 1. The monoisotopic (exact) mass is 468 g/mol. The van der Waals surface area contributed by atoms with Gasteiger partial charge in [-0.25, -0.2) is 4.79 Å². The lowest BCUT2D eigenvalue weighted by Crippen LogP contribution is -1.98. The van der Waals surface area contributed by atoms with Crippen molar-refractivity contribution in [1.29, 1.82) is 5.26 Å². The molecule has 0 bridgehead atoms. The molecule has 0 aliphatic carbocycles. The molecule has 0 unspecified atom stereocenters. The molecule has 3 rings (SSSR count). The first kappa shape index (κ1) is 22.8. The third kappa shape index (κ3) is 5.43. The average molecular weight is 469 g/mol. The van der Waals surface area contributed by atoms with Crippen LogP contribution < -0.4 is 4.74 Å². The maximum atomic E-state index is 11.0. The van der Waals surface area contributed by atoms with Gasteiger partial charge in [0.15, 0.2) is 5.75 Å². The van der Waals surface area contributed by atoms with E-state index in [-0.39, 0.29) is 33.7 Å². The summed E-state index contributed by atoms with van der Waals surface area (Å²) < 4.78 is 5.69. The normalized spacial score (nSPS) is 11.0. The van der Waals surface area contributed by atoms with Crippen LogP contribution in [-0.2, 0) is 6.61 Å². The molecule has 9 heteroatoms. The van der Waals surface area contributed by atoms with E-state index in [1.807, 2.05) is 0 Å². The van der Waals surface area contributed by atoms with Crippen LogP contribution in [0.2, 0.25) is 10.0 Å². The van der Waals surface area contributed by atoms with Gasteiger partial charge in [-0.1, -0.05) is 35.3 Å². The molecule has 0 amide bonds. The van der Waals surface area contributed by atoms with Crippen LogP contribution >= 0.6 is 23.2 Å². The Kier molecular flexibility index (Phi) is 7.11. The van der Waals surface area contributed by atoms with Gasteiger partial charge in [-0.2, -0.15) is 5.26 Å². The summed E-state index contributed by atoms with van der Waals surface area (Å²) in [7, 11) is 0. The highest BCUT2D eigenvalue weighted by atomic mass is 35.5. The highest BCUT2D eigenvalue weighted by Crippen LogP contribution is 2.36. The summed E-state index contributed by atoms with van der Waals surface area (Å²) in [6.45, 7) is 0.103. The zero-order valence-electron chi connectivity index (χ0n) is 16.3. The molecule has 0 atom stereocenters. The van der Waals surface area contributed by atoms with Gasteiger partial charge in [0.1, 0.15) is 6.61 Å². The van der Waals surface area contributed by atoms with Crippen molar-refractivity contribution >= 4 is 46.5 Å². The van der Waals surface area contributed by atoms with Crippen molar-refractivity contribution in [3.8, 4) is 11.8 Å². The van der Waals surface area contributed by atoms with Gasteiger partial charge >= 0.3 is 5.97 Å². The number of nitrogens with zero attached hydrogens (tertiary/aromatic N) is 2. The molecule has 32 heavy (non-hydrogen) atoms. The molecule has 0 saturated carbocycles. The van der Waals surface area contributed by atoms with E-state index in [1.165, 1.54) is 24.3 Å². The quantitative estimate of drug-likeness (QED) is 0.190. The van der Waals surface area contributed by atoms with E-state index in [2.05, 4.69) is 6.07 Å². The Balaban J connectivity index is 1.80. The summed E-state index contributed by atoms with van der Waals surface area (Å²) in [5, 5.41) is 29.7. The van der Waals surface area contributed by atoms with Crippen LogP contribution in [0.1, 0.15) is 27.0 Å². The van der Waals surface area contributed by atoms with Crippen LogP contribution in [0, 0.1) is 21.4 Å². The van der Waals surface area contributed by atoms with Crippen molar-refractivity contribution < 1.29 is 19.6 Å². The van der Waals surface area contributed by atoms with Gasteiger partial charge in [0.05, 0.1) is 32.2 Å². The standard InChI is InChI=1S/C23H14Cl2N2O5/c24-20-10-15(9-18(12-26)16-3-5-17(6-4-16)23(28)29)11-21(25)22(20)32-13-14-1-7-19(8-2-14)27(30)31/h1-11H,13H2,(H,28,29)/b18-9-. The molecule has 3 aromatic carbocycles. The summed E-state index contributed by atoms with van der Waals surface area (Å²) >= 11 is 12.6. The third-order valence-electron chi connectivity index (χ3n) is 4.43. The van der Waals surface area contributed by atoms with Crippen LogP contribution in [-0.4, -0.2) is 16.0 Å². The molecule has 7 nitrogen and oxygen atoms in total. The van der Waals surface area contributed by atoms with Crippen LogP contribution in [0.15, 0.2) is 60.7 Å². The number of non-ortho nitro benzene ring substituents is 1. The molecule has 0 aliphatic rings. The van der Waals surface area contributed by atoms with E-state index >= 15 is 0 Å². The first-order valence-electron chi connectivity index (χ1n) is 9.09. The van der Waals surface area contributed by atoms with Gasteiger partial charge in [-0.15, -0.1) is 0 Å². The number of nitriles is 1. The lowest BCUT2D eigenvalue weighted by Gasteiger charge is -2.11. The van der Waals surface area contributed by atoms with Gasteiger partial charge in [0, 0.05) is 12.1 Å². The lowest BCUT2D eigenvalue weighted by atomic mass is 10.0. The fourth-order valence-corrected chi connectivity index (χ4v) is 3.42. The van der Waals surface area contributed by atoms with E-state index in [9.17, 15) is 20.2 Å². The Morgan fingerprint density at radius 2 is 1.62 bits per heavy atom. The summed E-state index contributed by atoms with van der Waals surface area (Å²) in [4.78, 5) is 21.2. The van der Waals surface area contributed by atoms with Crippen LogP contribution in [0.4, 0.5) is 5.69 Å². The number of hydrogen-bond acceptors (Lipinski definition) is 5. The number of carbonyl (C=O) groups is 1. The number of halogens is 2. The van der Waals surface area contributed by atoms with Gasteiger partial charge in [0.2, 0.25) is 0 Å². The summed E-state index contributed by atoms with van der Waals surface area (Å²) in [5.74, 6) is -0.810. The second-order valence-corrected chi connectivity index (χ2v) is 7.39. The lowest BCUT2D eigenvalue weighted by molar-refractivity contribution is -0.384. The van der Waals surface area contributed by atoms with Crippen LogP contribution in [0.3, 0.4) is 0 Å². The van der Waals surface area contributed by atoms with Crippen molar-refractivity contribution in [2.45, 2.75) is 6.61 Å². The molecule has 0 radical (unpaired) electrons. The Morgan fingerprint density at radius 3 is 2.12 bits per heavy atom. The average Bonchev–Trinajstić information content (AvgIpc) is 2.77. The molecule has 160 valence electrons. The fourth-order valence-electron chi connectivity index (χ4n) is 2.81. The zero-order chi connectivity index (χ0) is 23.3. The largest absolute Gasteiger partial charge is 0.486 e. The fraction of sp³-hybridized carbons (Fsp3) is 0.0435. The Labute approximate surface area is 192 Å². The van der Waals surface area contributed by atoms with Crippen LogP contribution in [0.25, 0.3) is 11.6 Å². The first-order chi connectivity index (χ1) is 15.3. The second-order valence-electron chi connectivity index (χ2n) is 6.58. The maximum Gasteiger partial charge on any atom is 0.335 e. The SMILES string of the molecule is N#C/C(=C/c1cc(Cl)c(OCc2ccc([N+](=O)[O-])cc2)c(Cl)c1)c1ccc(C(=O)O)cc1. The summed E-state index contributed by atoms with van der Waals surface area (Å²) in [5.41, 5.74) is 2.19. The maximum absolute atomic E-state index is 11.0. The number of nitro benzene ring substituents is 1. The number of ether oxygens (including phenoxy) is 1. The van der Waals surface area contributed by atoms with Crippen molar-refractivity contribution in [2.75, 3.05) is 0 Å². The summed E-state index contributed by atoms with van der Waals surface area (Å²) in [6, 6.07) is 17.1. The Hall–Kier alpha value is -3.86. The molecule has 0 aromatic heterocycles. The smallest absolute Gasteiger partial charge is 0.335 e. The second kappa shape index (κ2) is 9.96. The molecule has 0 spiro atoms. The first-order valence-corrected chi connectivity index (χ1v) is 9.85. The van der Waals surface area contributed by atoms with Crippen molar-refractivity contribution in [2.24, 2.45) is 0 Å². The molecule has 3 aromatic rings. The van der Waals surface area contributed by atoms with Gasteiger partial charge < -0.3 is 9.84 Å². The predicted octanol–water partition coefficient (Wildman–Crippen LogP) is 6.24. The number of benzene rings is 3. The van der Waals surface area contributed by atoms with Gasteiger partial charge in [0.25, 0.3) is 5.69 Å². The Bertz CT molecular complexity index is 1220. The minimum Gasteiger partial charge on any atom is -0.486 e. The van der Waals surface area contributed by atoms with Crippen molar-refractivity contribution in [1.82, 2.24) is 0 Å². The molecular formula is C23H14Cl2N2O5. The number of rotatable bonds is 7. The third-order valence-corrected chi connectivity index (χ3v) is 4.99. The highest BCUT2D eigenvalue weighted by molar-refractivity contribution is 6.37. The molecular weight excluding hydrogens is 455 g/mol. The molecule has 0 fully saturated rings. The number of aromatic carboxylic acids is 1. The highest BCUT2D eigenvalue weighted by Gasteiger charge is 2.12. The topological polar surface area (TPSA) is 113 Å². The minimum atomic E-state index is -1.05. The van der Waals surface area contributed by atoms with Gasteiger partial charge in [-0.05, 0) is 59.2 Å². The van der Waals surface area contributed by atoms with E-state index in [0.29, 0.717) is 22.3 Å². The van der Waals surface area contributed by atoms with E-state index in [1.54, 1.807) is 42.5 Å². The minimum absolute atomic E-state index is 0.0214. The number of nitro groups is 1. The van der Waals surface area contributed by atoms with Gasteiger partial charge in [-0.3, -0.25) is 10.1 Å². The number of carboxylic acid groups (broad SMARTS) is 1.